The van der Waals surface area contributed by atoms with Crippen LogP contribution in [0.4, 0.5) is 29.7 Å². The number of nitrogens with zero attached hydrogens (tertiary/aromatic N) is 7. The molecule has 0 aliphatic heterocycles. The summed E-state index contributed by atoms with van der Waals surface area (Å²) in [5, 5.41) is 29.8. The minimum atomic E-state index is 0. The monoisotopic (exact) mass is 753 g/mol. The van der Waals surface area contributed by atoms with Gasteiger partial charge in [0.2, 0.25) is 29.1 Å². The van der Waals surface area contributed by atoms with Crippen molar-refractivity contribution in [1.82, 2.24) is 35.5 Å². The number of nitrogens with one attached hydrogen (secondary N) is 5. The van der Waals surface area contributed by atoms with Gasteiger partial charge in [-0.05, 0) is 37.3 Å². The Kier molecular flexibility index (Phi) is 37.3. The van der Waals surface area contributed by atoms with Gasteiger partial charge in [-0.2, -0.15) is 36.3 Å². The third-order valence-corrected chi connectivity index (χ3v) is 4.86. The summed E-state index contributed by atoms with van der Waals surface area (Å²) >= 11 is 7.99. The quantitative estimate of drug-likeness (QED) is 0.0555. The van der Waals surface area contributed by atoms with E-state index in [1.54, 1.807) is 0 Å². The Balaban J connectivity index is -0.000000263. The third kappa shape index (κ3) is 27.1. The molecule has 0 amide bonds. The molecule has 239 valence electrons. The number of anilines is 5. The maximum absolute atomic E-state index is 9.35. The fourth-order valence-electron chi connectivity index (χ4n) is 2.12. The summed E-state index contributed by atoms with van der Waals surface area (Å²) in [7, 11) is 1.47. The van der Waals surface area contributed by atoms with E-state index in [1.165, 1.54) is 19.1 Å². The van der Waals surface area contributed by atoms with Crippen LogP contribution in [-0.4, -0.2) is 73.5 Å². The first-order valence-corrected chi connectivity index (χ1v) is 14.5. The van der Waals surface area contributed by atoms with E-state index < -0.39 is 0 Å². The van der Waals surface area contributed by atoms with Crippen LogP contribution in [0.15, 0.2) is 0 Å². The first-order chi connectivity index (χ1) is 18.8. The number of halogens is 2. The molecule has 0 aliphatic rings. The van der Waals surface area contributed by atoms with Crippen molar-refractivity contribution in [3.8, 4) is 0 Å². The van der Waals surface area contributed by atoms with Gasteiger partial charge in [0, 0.05) is 51.8 Å². The molecule has 1 radical (unpaired) electrons. The van der Waals surface area contributed by atoms with Crippen molar-refractivity contribution in [1.29, 1.82) is 0 Å². The number of hydrogen-bond donors (Lipinski definition) is 8. The largest absolute Gasteiger partial charge is 0.354 e. The van der Waals surface area contributed by atoms with E-state index >= 15 is 0 Å². The van der Waals surface area contributed by atoms with Crippen LogP contribution in [0.2, 0.25) is 5.28 Å². The van der Waals surface area contributed by atoms with Crippen LogP contribution in [0.3, 0.4) is 0 Å². The third-order valence-electron chi connectivity index (χ3n) is 3.81. The number of hydroxylamine groups is 1. The molecule has 0 bridgehead atoms. The predicted molar refractivity (Wildman–Crippen MR) is 174 cm³/mol. The first-order valence-electron chi connectivity index (χ1n) is 12.8. The maximum Gasteiger partial charge on any atom is 0.255 e. The zero-order chi connectivity index (χ0) is 29.9. The van der Waals surface area contributed by atoms with E-state index in [-0.39, 0.29) is 37.2 Å². The second-order valence-corrected chi connectivity index (χ2v) is 8.68. The molecule has 2 heterocycles. The van der Waals surface area contributed by atoms with Crippen molar-refractivity contribution >= 4 is 63.9 Å². The molecule has 0 fully saturated rings. The normalized spacial score (nSPS) is 9.05. The molecular weight excluding hydrogens is 704 g/mol. The van der Waals surface area contributed by atoms with Crippen LogP contribution in [0, 0.1) is 4.43 Å². The van der Waals surface area contributed by atoms with Gasteiger partial charge in [-0.1, -0.05) is 42.0 Å². The standard InChI is InChI=1S/C10H20N6O.C9H16ClN5.C3H6I.CH4.H4N2O.V/c1-4-6-11-8-13-9(12-7-5-2)15-10(14-8)16(3)17;1-3-5-11-8-13-7(10)14-9(15-8)12-6-4-2;1-2-3-4;;1-2-3;/h17H,4-7H2,1-3H3,(H2,11,12,13,14,15);3-6H2,1-2H3,(H2,11,12,13,14,15);3H,2H2,1H3;1H4;2-3H,1H2;/q;;-1;;;. The molecule has 0 atom stereocenters. The van der Waals surface area contributed by atoms with Crippen LogP contribution in [0.25, 0.3) is 0 Å². The fraction of sp³-hybridized carbons (Fsp3) is 0.696. The summed E-state index contributed by atoms with van der Waals surface area (Å²) in [6, 6.07) is 0. The van der Waals surface area contributed by atoms with Crippen molar-refractivity contribution in [2.24, 2.45) is 5.84 Å². The number of hydrazine groups is 1. The van der Waals surface area contributed by atoms with Crippen molar-refractivity contribution < 1.29 is 29.0 Å². The Bertz CT molecular complexity index is 794. The number of nitrogens with two attached hydrogens (primary N) is 1. The average molecular weight is 754 g/mol. The molecule has 15 nitrogen and oxygen atoms in total. The Morgan fingerprint density at radius 1 is 0.756 bits per heavy atom. The molecule has 0 unspecified atom stereocenters. The minimum Gasteiger partial charge on any atom is -0.354 e. The molecule has 0 saturated carbocycles. The van der Waals surface area contributed by atoms with E-state index in [2.05, 4.69) is 119 Å². The fourth-order valence-corrected chi connectivity index (χ4v) is 2.28. The van der Waals surface area contributed by atoms with E-state index in [9.17, 15) is 5.21 Å². The zero-order valence-electron chi connectivity index (χ0n) is 24.2. The molecule has 41 heavy (non-hydrogen) atoms. The van der Waals surface area contributed by atoms with Gasteiger partial charge in [-0.3, -0.25) is 9.63 Å². The molecule has 2 aromatic rings. The average Bonchev–Trinajstić information content (AvgIpc) is 2.93. The zero-order valence-corrected chi connectivity index (χ0v) is 28.6. The molecule has 0 spiro atoms. The summed E-state index contributed by atoms with van der Waals surface area (Å²) < 4.78 is 2.09. The van der Waals surface area contributed by atoms with Crippen molar-refractivity contribution in [2.75, 3.05) is 59.6 Å². The smallest absolute Gasteiger partial charge is 0.255 e. The van der Waals surface area contributed by atoms with Gasteiger partial charge in [0.15, 0.2) is 0 Å². The summed E-state index contributed by atoms with van der Waals surface area (Å²) in [5.74, 6) is 6.36. The summed E-state index contributed by atoms with van der Waals surface area (Å²) in [6.07, 6.45) is 5.17. The van der Waals surface area contributed by atoms with Crippen LogP contribution in [0.1, 0.15) is 74.1 Å². The van der Waals surface area contributed by atoms with Gasteiger partial charge in [0.1, 0.15) is 0 Å². The van der Waals surface area contributed by atoms with E-state index in [1.807, 2.05) is 0 Å². The molecular formula is C23H50ClIN13O2V-. The Labute approximate surface area is 276 Å². The van der Waals surface area contributed by atoms with Gasteiger partial charge < -0.3 is 49.1 Å². The maximum atomic E-state index is 9.35. The van der Waals surface area contributed by atoms with Gasteiger partial charge in [0.05, 0.1) is 0 Å². The second kappa shape index (κ2) is 33.0. The summed E-state index contributed by atoms with van der Waals surface area (Å²) in [5.41, 5.74) is 1.25. The van der Waals surface area contributed by atoms with Crippen LogP contribution >= 0.6 is 34.2 Å². The SMILES string of the molecule is C.CCCNc1nc(Cl)nc(NCCC)n1.CCCNc1nc(NCCC)nc(N(C)O)n1.CC[CH-]I.NNO.[V]. The molecule has 2 aromatic heterocycles. The molecule has 9 N–H and O–H groups in total. The summed E-state index contributed by atoms with van der Waals surface area (Å²) in [4.78, 5) is 24.5. The minimum absolute atomic E-state index is 0. The van der Waals surface area contributed by atoms with Crippen LogP contribution < -0.4 is 37.8 Å². The number of rotatable bonds is 14. The Morgan fingerprint density at radius 2 is 1.02 bits per heavy atom. The van der Waals surface area contributed by atoms with E-state index in [4.69, 9.17) is 16.8 Å². The van der Waals surface area contributed by atoms with Gasteiger partial charge in [-0.15, -0.1) is 5.59 Å². The first kappa shape index (κ1) is 46.4. The summed E-state index contributed by atoms with van der Waals surface area (Å²) in [6.45, 7) is 13.6. The topological polar surface area (TPSA) is 207 Å². The molecule has 18 heteroatoms. The molecule has 0 aromatic carbocycles. The van der Waals surface area contributed by atoms with E-state index in [0.29, 0.717) is 23.8 Å². The second-order valence-electron chi connectivity index (χ2n) is 7.46. The van der Waals surface area contributed by atoms with Crippen molar-refractivity contribution in [3.63, 3.8) is 0 Å². The molecule has 2 rings (SSSR count). The molecule has 0 aliphatic carbocycles. The van der Waals surface area contributed by atoms with Crippen molar-refractivity contribution in [3.05, 3.63) is 9.71 Å². The Morgan fingerprint density at radius 3 is 1.24 bits per heavy atom. The van der Waals surface area contributed by atoms with Gasteiger partial charge in [0.25, 0.3) is 5.95 Å². The van der Waals surface area contributed by atoms with E-state index in [0.717, 1.165) is 56.9 Å². The molecule has 0 saturated heterocycles. The van der Waals surface area contributed by atoms with Gasteiger partial charge >= 0.3 is 0 Å². The number of aromatic nitrogens is 6. The Hall–Kier alpha value is -1.54. The van der Waals surface area contributed by atoms with Crippen LogP contribution in [-0.2, 0) is 18.6 Å². The predicted octanol–water partition coefficient (Wildman–Crippen LogP) is 4.98. The van der Waals surface area contributed by atoms with Crippen LogP contribution in [0.5, 0.6) is 0 Å². The number of hydrogen-bond acceptors (Lipinski definition) is 15. The van der Waals surface area contributed by atoms with Gasteiger partial charge in [-0.25, -0.2) is 10.9 Å². The van der Waals surface area contributed by atoms with Crippen molar-refractivity contribution in [2.45, 2.75) is 74.1 Å².